The van der Waals surface area contributed by atoms with E-state index in [1.54, 1.807) is 36.4 Å². The number of hydrogen-bond donors (Lipinski definition) is 2. The van der Waals surface area contributed by atoms with E-state index >= 15 is 4.39 Å². The lowest BCUT2D eigenvalue weighted by molar-refractivity contribution is -0.192. The van der Waals surface area contributed by atoms with Crippen molar-refractivity contribution in [3.63, 3.8) is 0 Å². The number of benzene rings is 2. The van der Waals surface area contributed by atoms with Crippen molar-refractivity contribution in [1.82, 2.24) is 15.0 Å². The van der Waals surface area contributed by atoms with E-state index in [2.05, 4.69) is 15.0 Å². The van der Waals surface area contributed by atoms with Gasteiger partial charge in [0.25, 0.3) is 5.95 Å². The zero-order chi connectivity index (χ0) is 32.1. The third-order valence-corrected chi connectivity index (χ3v) is 7.12. The Morgan fingerprint density at radius 2 is 1.53 bits per heavy atom. The quantitative estimate of drug-likeness (QED) is 0.173. The number of carbonyl (C=O) groups is 1. The monoisotopic (exact) mass is 621 g/mol. The summed E-state index contributed by atoms with van der Waals surface area (Å²) in [5.74, 6) is -4.55. The van der Waals surface area contributed by atoms with Crippen LogP contribution in [0.1, 0.15) is 22.3 Å². The first-order chi connectivity index (χ1) is 21.4. The van der Waals surface area contributed by atoms with E-state index in [0.717, 1.165) is 0 Å². The normalized spacial score (nSPS) is 16.0. The molecule has 45 heavy (non-hydrogen) atoms. The zero-order valence-corrected chi connectivity index (χ0v) is 22.5. The van der Waals surface area contributed by atoms with Crippen LogP contribution in [0.4, 0.5) is 26.3 Å². The summed E-state index contributed by atoms with van der Waals surface area (Å²) in [7, 11) is 0. The van der Waals surface area contributed by atoms with Gasteiger partial charge in [0.1, 0.15) is 17.1 Å². The zero-order valence-electron chi connectivity index (χ0n) is 22.5. The summed E-state index contributed by atoms with van der Waals surface area (Å²) >= 11 is 0. The number of rotatable bonds is 2. The fraction of sp³-hybridized carbons (Fsp3) is 0.0645. The maximum Gasteiger partial charge on any atom is 0.490 e. The van der Waals surface area contributed by atoms with Crippen molar-refractivity contribution in [1.29, 1.82) is 0 Å². The van der Waals surface area contributed by atoms with Crippen molar-refractivity contribution in [2.45, 2.75) is 11.7 Å². The summed E-state index contributed by atoms with van der Waals surface area (Å²) in [4.78, 5) is 25.2. The maximum absolute atomic E-state index is 15.6. The van der Waals surface area contributed by atoms with Crippen LogP contribution >= 0.6 is 0 Å². The summed E-state index contributed by atoms with van der Waals surface area (Å²) in [5.41, 5.74) is 8.65. The third-order valence-electron chi connectivity index (χ3n) is 7.12. The minimum atomic E-state index is -5.08. The van der Waals surface area contributed by atoms with Gasteiger partial charge >= 0.3 is 12.1 Å². The molecular weight excluding hydrogens is 604 g/mol. The minimum Gasteiger partial charge on any atom is -0.475 e. The van der Waals surface area contributed by atoms with Gasteiger partial charge in [-0.05, 0) is 47.5 Å². The number of aliphatic carboxylic acids is 1. The van der Waals surface area contributed by atoms with Gasteiger partial charge in [-0.1, -0.05) is 30.3 Å². The molecule has 7 rings (SSSR count). The van der Waals surface area contributed by atoms with Crippen LogP contribution in [0, 0.1) is 17.8 Å². The minimum absolute atomic E-state index is 0.121. The van der Waals surface area contributed by atoms with Gasteiger partial charge in [0.2, 0.25) is 11.9 Å². The highest BCUT2D eigenvalue weighted by Gasteiger charge is 2.50. The van der Waals surface area contributed by atoms with E-state index in [-0.39, 0.29) is 22.8 Å². The number of carboxylic acids is 1. The topological polar surface area (TPSA) is 124 Å². The molecule has 2 aliphatic rings. The van der Waals surface area contributed by atoms with Crippen LogP contribution in [0.2, 0.25) is 0 Å². The van der Waals surface area contributed by atoms with Crippen molar-refractivity contribution < 1.29 is 41.0 Å². The van der Waals surface area contributed by atoms with Gasteiger partial charge in [-0.2, -0.15) is 26.3 Å². The fourth-order valence-corrected chi connectivity index (χ4v) is 5.24. The number of carboxylic acid groups (broad SMARTS) is 1. The van der Waals surface area contributed by atoms with Crippen LogP contribution in [-0.4, -0.2) is 38.0 Å². The Morgan fingerprint density at radius 1 is 0.800 bits per heavy atom. The number of aromatic nitrogens is 3. The summed E-state index contributed by atoms with van der Waals surface area (Å²) in [6.45, 7) is 0. The second kappa shape index (κ2) is 10.7. The molecule has 0 aliphatic carbocycles. The van der Waals surface area contributed by atoms with Crippen molar-refractivity contribution in [3.05, 3.63) is 125 Å². The van der Waals surface area contributed by atoms with Crippen LogP contribution in [0.25, 0.3) is 22.4 Å². The first kappa shape index (κ1) is 29.3. The molecule has 1 unspecified atom stereocenters. The first-order valence-corrected chi connectivity index (χ1v) is 12.9. The Morgan fingerprint density at radius 3 is 2.24 bits per heavy atom. The molecule has 2 aliphatic heterocycles. The summed E-state index contributed by atoms with van der Waals surface area (Å²) in [6.07, 6.45) is -2.43. The van der Waals surface area contributed by atoms with Crippen LogP contribution < -0.4 is 10.5 Å². The van der Waals surface area contributed by atoms with Gasteiger partial charge in [-0.15, -0.1) is 0 Å². The molecule has 5 aromatic rings. The second-order valence-electron chi connectivity index (χ2n) is 9.75. The van der Waals surface area contributed by atoms with Crippen molar-refractivity contribution >= 4 is 11.8 Å². The predicted octanol–water partition coefficient (Wildman–Crippen LogP) is 6.37. The Balaban J connectivity index is 0.000000460. The molecule has 1 atom stereocenters. The van der Waals surface area contributed by atoms with E-state index in [0.29, 0.717) is 39.1 Å². The highest BCUT2D eigenvalue weighted by molar-refractivity contribution is 6.03. The number of nitrogens with two attached hydrogens (primary N) is 1. The number of ether oxygens (including phenoxy) is 1. The lowest BCUT2D eigenvalue weighted by atomic mass is 9.75. The summed E-state index contributed by atoms with van der Waals surface area (Å²) in [6, 6.07) is 20.0. The van der Waals surface area contributed by atoms with Crippen molar-refractivity contribution in [2.24, 2.45) is 10.7 Å². The van der Waals surface area contributed by atoms with Crippen LogP contribution in [0.15, 0.2) is 90.2 Å². The van der Waals surface area contributed by atoms with E-state index in [1.165, 1.54) is 24.5 Å². The SMILES string of the molecule is NC1=NC2(c3cc(-c4cccnc4F)ccc3Oc3c2cc(-c2ccnc(F)c2)nc3F)c2ccccc21.O=C(O)C(F)(F)F. The van der Waals surface area contributed by atoms with Crippen molar-refractivity contribution in [2.75, 3.05) is 0 Å². The lowest BCUT2D eigenvalue weighted by Crippen LogP contribution is -2.30. The fourth-order valence-electron chi connectivity index (χ4n) is 5.24. The van der Waals surface area contributed by atoms with E-state index < -0.39 is 35.5 Å². The Hall–Kier alpha value is -5.79. The van der Waals surface area contributed by atoms with Crippen LogP contribution in [0.3, 0.4) is 0 Å². The van der Waals surface area contributed by atoms with Gasteiger partial charge in [0.15, 0.2) is 5.75 Å². The Kier molecular flexibility index (Phi) is 6.99. The molecule has 0 fully saturated rings. The molecule has 226 valence electrons. The van der Waals surface area contributed by atoms with E-state index in [4.69, 9.17) is 25.4 Å². The predicted molar refractivity (Wildman–Crippen MR) is 148 cm³/mol. The molecule has 14 heteroatoms. The molecule has 3 N–H and O–H groups in total. The standard InChI is InChI=1S/C29H16F3N5O.C2HF3O2/c30-24-13-16(9-11-34-24)22-14-21-25(27(32)36-22)38-23-8-7-15(17-5-3-10-35-26(17)31)12-20(23)29(21)19-6-2-1-4-18(19)28(33)37-29;3-2(4,5)1(6)7/h1-14H,(H2,33,37);(H,6,7). The lowest BCUT2D eigenvalue weighted by Gasteiger charge is -2.36. The third kappa shape index (κ3) is 4.99. The molecule has 0 saturated heterocycles. The summed E-state index contributed by atoms with van der Waals surface area (Å²) in [5, 5.41) is 7.12. The largest absolute Gasteiger partial charge is 0.490 e. The Bertz CT molecular complexity index is 2030. The highest BCUT2D eigenvalue weighted by atomic mass is 19.4. The molecule has 8 nitrogen and oxygen atoms in total. The molecule has 2 aromatic carbocycles. The van der Waals surface area contributed by atoms with Gasteiger partial charge in [-0.3, -0.25) is 0 Å². The maximum atomic E-state index is 15.6. The number of pyridine rings is 3. The molecule has 3 aromatic heterocycles. The number of fused-ring (bicyclic) bond motifs is 6. The van der Waals surface area contributed by atoms with Gasteiger partial charge in [-0.25, -0.2) is 24.7 Å². The second-order valence-corrected chi connectivity index (χ2v) is 9.75. The Labute approximate surface area is 249 Å². The van der Waals surface area contributed by atoms with Crippen LogP contribution in [-0.2, 0) is 10.3 Å². The van der Waals surface area contributed by atoms with Gasteiger partial charge in [0.05, 0.1) is 5.69 Å². The first-order valence-electron chi connectivity index (χ1n) is 12.9. The molecule has 0 radical (unpaired) electrons. The molecule has 0 saturated carbocycles. The van der Waals surface area contributed by atoms with Crippen molar-refractivity contribution in [3.8, 4) is 33.9 Å². The molecular formula is C31H17F6N5O3. The smallest absolute Gasteiger partial charge is 0.475 e. The molecule has 1 spiro atoms. The highest BCUT2D eigenvalue weighted by Crippen LogP contribution is 2.57. The number of halogens is 6. The average Bonchev–Trinajstić information content (AvgIpc) is 3.30. The average molecular weight is 621 g/mol. The molecule has 0 bridgehead atoms. The summed E-state index contributed by atoms with van der Waals surface area (Å²) < 4.78 is 82.0. The molecule has 5 heterocycles. The van der Waals surface area contributed by atoms with Crippen LogP contribution in [0.5, 0.6) is 11.5 Å². The number of alkyl halides is 3. The number of amidine groups is 1. The molecule has 0 amide bonds. The van der Waals surface area contributed by atoms with Gasteiger partial charge < -0.3 is 15.6 Å². The number of aliphatic imine (C=N–C) groups is 1. The number of hydrogen-bond acceptors (Lipinski definition) is 7. The van der Waals surface area contributed by atoms with Gasteiger partial charge in [0, 0.05) is 46.3 Å². The van der Waals surface area contributed by atoms with E-state index in [1.807, 2.05) is 24.3 Å². The van der Waals surface area contributed by atoms with E-state index in [9.17, 15) is 22.0 Å². The number of nitrogens with zero attached hydrogens (tertiary/aromatic N) is 4.